The molecule has 11 heterocycles. The lowest BCUT2D eigenvalue weighted by Gasteiger charge is -2.53. The first-order valence-electron chi connectivity index (χ1n) is 43.5. The predicted molar refractivity (Wildman–Crippen MR) is 419 cm³/mol. The molecular formula is C76H127N5O55. The Morgan fingerprint density at radius 2 is 0.449 bits per heavy atom. The minimum Gasteiger partial charge on any atom is -0.394 e. The molecule has 0 aliphatic carbocycles. The molecule has 0 aromatic heterocycles. The SMILES string of the molecule is CC(=O)N[C@@H]1[C@@H](O)[C@H](O[C@@H]2O[C@H](CO)[C@@H](O[C@@H]3O[C@H](CO[C@H]4O[C@H](CO)[C@@H](O)[C@H](O)[C@@H]4O[C@@H]4O[C@H](CO)[C@@H](O)[C@H](O)[C@H]4NC(C)=O)[C@@H](O[C@@H]4O[C@H](CO)[C@@H](O[C@@H]5O[C@H](CO)[C@H](O)[C@H](O)[C@H]5O)[C@H](O)[C@H]4NC(C)=O)[C@H](O[C@H]4O[C@H](CO)[C@@H](O)[C@H](O)[C@@H]4O[C@@H]4O[C@H](CO)[C@@H](O[C@@H]5O[C@H](CO)[C@H](O)[C@H](O)[C@H]5O)[C@H](O)[C@H]4NC(C)=O)[C@@H]3O)[C@H](O)[C@H]2NC(C)=O)[C@@H](CO[C@@H]2O[C@@H](C)[C@@H](O)[C@@H](O)[C@@H]2O)O[C@H]1O. The number of aliphatic hydroxyl groups excluding tert-OH is 29. The van der Waals surface area contributed by atoms with E-state index in [1.807, 2.05) is 0 Å². The number of carbonyl (C=O) groups is 5. The Kier molecular flexibility index (Phi) is 40.1. The average molecular weight is 1990 g/mol. The van der Waals surface area contributed by atoms with Crippen molar-refractivity contribution in [1.29, 1.82) is 0 Å². The van der Waals surface area contributed by atoms with Gasteiger partial charge in [0.1, 0.15) is 262 Å². The van der Waals surface area contributed by atoms with Crippen LogP contribution in [0.1, 0.15) is 41.5 Å². The van der Waals surface area contributed by atoms with Crippen molar-refractivity contribution in [3.8, 4) is 0 Å². The molecule has 786 valence electrons. The number of hydrogen-bond donors (Lipinski definition) is 34. The van der Waals surface area contributed by atoms with E-state index in [4.69, 9.17) is 99.5 Å². The molecule has 136 heavy (non-hydrogen) atoms. The van der Waals surface area contributed by atoms with Gasteiger partial charge in [-0.1, -0.05) is 0 Å². The maximum atomic E-state index is 13.6. The van der Waals surface area contributed by atoms with Crippen LogP contribution in [0.4, 0.5) is 0 Å². The third-order valence-electron chi connectivity index (χ3n) is 24.9. The molecule has 11 saturated heterocycles. The van der Waals surface area contributed by atoms with E-state index in [0.29, 0.717) is 0 Å². The lowest BCUT2D eigenvalue weighted by molar-refractivity contribution is -0.410. The highest BCUT2D eigenvalue weighted by molar-refractivity contribution is 5.75. The van der Waals surface area contributed by atoms with Crippen LogP contribution in [-0.2, 0) is 123 Å². The fourth-order valence-corrected chi connectivity index (χ4v) is 17.7. The highest BCUT2D eigenvalue weighted by Crippen LogP contribution is 2.43. The Hall–Kier alpha value is -4.65. The van der Waals surface area contributed by atoms with Gasteiger partial charge in [0.2, 0.25) is 29.5 Å². The van der Waals surface area contributed by atoms with Gasteiger partial charge in [-0.15, -0.1) is 0 Å². The van der Waals surface area contributed by atoms with E-state index in [9.17, 15) is 172 Å². The smallest absolute Gasteiger partial charge is 0.217 e. The molecule has 34 N–H and O–H groups in total. The van der Waals surface area contributed by atoms with E-state index in [1.165, 1.54) is 6.92 Å². The summed E-state index contributed by atoms with van der Waals surface area (Å²) in [6.45, 7) is -6.12. The topological polar surface area (TPSA) is 926 Å². The van der Waals surface area contributed by atoms with Crippen molar-refractivity contribution in [1.82, 2.24) is 26.6 Å². The maximum absolute atomic E-state index is 13.6. The predicted octanol–water partition coefficient (Wildman–Crippen LogP) is -23.2. The van der Waals surface area contributed by atoms with Crippen LogP contribution in [0.15, 0.2) is 0 Å². The van der Waals surface area contributed by atoms with Gasteiger partial charge in [-0.3, -0.25) is 24.0 Å². The highest BCUT2D eigenvalue weighted by atomic mass is 16.8. The van der Waals surface area contributed by atoms with Crippen LogP contribution in [0.2, 0.25) is 0 Å². The average Bonchev–Trinajstić information content (AvgIpc) is 0.754. The molecule has 11 aliphatic heterocycles. The summed E-state index contributed by atoms with van der Waals surface area (Å²) in [5, 5.41) is 340. The molecule has 11 rings (SSSR count). The molecule has 60 heteroatoms. The number of amides is 5. The van der Waals surface area contributed by atoms with Gasteiger partial charge in [0.05, 0.1) is 72.2 Å². The van der Waals surface area contributed by atoms with Crippen LogP contribution in [-0.4, -0.2) is 581 Å². The van der Waals surface area contributed by atoms with Crippen LogP contribution in [0.25, 0.3) is 0 Å². The van der Waals surface area contributed by atoms with Gasteiger partial charge in [0.15, 0.2) is 69.2 Å². The van der Waals surface area contributed by atoms with Gasteiger partial charge in [-0.25, -0.2) is 0 Å². The lowest BCUT2D eigenvalue weighted by atomic mass is 9.93. The van der Waals surface area contributed by atoms with Crippen molar-refractivity contribution in [2.75, 3.05) is 66.1 Å². The first-order chi connectivity index (χ1) is 64.3. The number of carbonyl (C=O) groups excluding carboxylic acids is 5. The molecular weight excluding hydrogens is 1860 g/mol. The summed E-state index contributed by atoms with van der Waals surface area (Å²) in [6.07, 6.45) is -109. The molecule has 0 saturated carbocycles. The molecule has 5 amide bonds. The Bertz CT molecular complexity index is 3760. The number of rotatable bonds is 35. The molecule has 11 fully saturated rings. The Balaban J connectivity index is 1.04. The van der Waals surface area contributed by atoms with Crippen molar-refractivity contribution < 1.29 is 272 Å². The summed E-state index contributed by atoms with van der Waals surface area (Å²) in [7, 11) is 0. The molecule has 60 nitrogen and oxygen atoms in total. The van der Waals surface area contributed by atoms with E-state index in [-0.39, 0.29) is 0 Å². The minimum absolute atomic E-state index is 0.856. The Morgan fingerprint density at radius 1 is 0.206 bits per heavy atom. The highest BCUT2D eigenvalue weighted by Gasteiger charge is 2.63. The largest absolute Gasteiger partial charge is 0.394 e. The fourth-order valence-electron chi connectivity index (χ4n) is 17.7. The third-order valence-corrected chi connectivity index (χ3v) is 24.9. The van der Waals surface area contributed by atoms with Gasteiger partial charge < -0.3 is 274 Å². The lowest BCUT2D eigenvalue weighted by Crippen LogP contribution is -2.72. The van der Waals surface area contributed by atoms with E-state index >= 15 is 0 Å². The van der Waals surface area contributed by atoms with Crippen molar-refractivity contribution in [3.63, 3.8) is 0 Å². The summed E-state index contributed by atoms with van der Waals surface area (Å²) in [5.41, 5.74) is 0. The molecule has 55 atom stereocenters. The molecule has 0 aromatic rings. The molecule has 0 radical (unpaired) electrons. The van der Waals surface area contributed by atoms with Gasteiger partial charge in [-0.05, 0) is 6.92 Å². The zero-order chi connectivity index (χ0) is 100. The van der Waals surface area contributed by atoms with Crippen LogP contribution in [0.5, 0.6) is 0 Å². The normalized spacial score (nSPS) is 49.2. The quantitative estimate of drug-likeness (QED) is 0.0280. The third kappa shape index (κ3) is 24.8. The summed E-state index contributed by atoms with van der Waals surface area (Å²) in [5.74, 6) is -5.02. The number of hydrogen-bond acceptors (Lipinski definition) is 55. The fraction of sp³-hybridized carbons (Fsp3) is 0.934. The second kappa shape index (κ2) is 48.8. The monoisotopic (exact) mass is 1990 g/mol. The van der Waals surface area contributed by atoms with Crippen molar-refractivity contribution in [3.05, 3.63) is 0 Å². The van der Waals surface area contributed by atoms with Crippen molar-refractivity contribution in [2.24, 2.45) is 0 Å². The van der Waals surface area contributed by atoms with Gasteiger partial charge >= 0.3 is 0 Å². The second-order valence-electron chi connectivity index (χ2n) is 34.5. The zero-order valence-electron chi connectivity index (χ0n) is 73.4. The first kappa shape index (κ1) is 112. The summed E-state index contributed by atoms with van der Waals surface area (Å²) < 4.78 is 128. The first-order valence-corrected chi connectivity index (χ1v) is 43.5. The second-order valence-corrected chi connectivity index (χ2v) is 34.5. The van der Waals surface area contributed by atoms with Crippen LogP contribution in [0, 0.1) is 0 Å². The van der Waals surface area contributed by atoms with Crippen molar-refractivity contribution >= 4 is 29.5 Å². The standard InChI is InChI=1S/C76H127N5O55/c1-17-38(95)49(106)54(111)71(118-17)116-15-31-61(45(102)33(66(115)119-31)77-18(2)90)129-68-35(79-20(4)92)46(103)60(30(14-89)125-68)132-74-57(114)63(134-76-65(53(110)43(100)27(11-86)124-76)136-70-37(81-22(6)94)48(105)59(29(13-88)127-70)131-73-56(113)51(108)41(98)25(9-84)122-73)62(133-69-36(80-21(5)93)47(104)58(28(12-87)126-69)130-72-55(112)50(107)40(97)24(8-83)121-72)32(128-74)16-117-75-64(52(109)42(99)26(10-85)123-75)135-67-34(78-19(3)91)44(101)39(96)23(7-82)120-67/h17,23-76,82-89,95-115H,7-16H2,1-6H3,(H,77,90)(H,78,91)(H,79,92)(H,80,93)(H,81,94)/t17-,23+,24+,25+,26+,27+,28+,29+,30+,31+,32+,33+,34+,35+,36+,37+,38+,39+,40-,41-,42+,43+,44+,45+,46+,47+,48+,49+,50-,51-,52-,53-,54-,55+,56+,57-,58+,59+,60+,61+,62+,63+,64-,65-,66+,67-,68-,69-,70-,71+,72-,73-,74-,75-,76+/m0/s1. The van der Waals surface area contributed by atoms with Crippen LogP contribution in [0.3, 0.4) is 0 Å². The molecule has 0 unspecified atom stereocenters. The number of aliphatic hydroxyl groups is 29. The van der Waals surface area contributed by atoms with Gasteiger partial charge in [0, 0.05) is 34.6 Å². The molecule has 0 bridgehead atoms. The van der Waals surface area contributed by atoms with Crippen LogP contribution < -0.4 is 26.6 Å². The van der Waals surface area contributed by atoms with E-state index in [1.54, 1.807) is 0 Å². The Morgan fingerprint density at radius 3 is 0.831 bits per heavy atom. The number of nitrogens with one attached hydrogen (secondary N) is 5. The van der Waals surface area contributed by atoms with Gasteiger partial charge in [0.25, 0.3) is 0 Å². The maximum Gasteiger partial charge on any atom is 0.217 e. The van der Waals surface area contributed by atoms with Gasteiger partial charge in [-0.2, -0.15) is 0 Å². The molecule has 11 aliphatic rings. The van der Waals surface area contributed by atoms with E-state index in [0.717, 1.165) is 34.6 Å². The van der Waals surface area contributed by atoms with Crippen LogP contribution >= 0.6 is 0 Å². The molecule has 0 aromatic carbocycles. The minimum atomic E-state index is -2.87. The summed E-state index contributed by atoms with van der Waals surface area (Å²) in [4.78, 5) is 65.9. The van der Waals surface area contributed by atoms with E-state index in [2.05, 4.69) is 26.6 Å². The van der Waals surface area contributed by atoms with E-state index < -0.39 is 433 Å². The Labute approximate surface area is 770 Å². The summed E-state index contributed by atoms with van der Waals surface area (Å²) in [6, 6.07) is -10.2. The summed E-state index contributed by atoms with van der Waals surface area (Å²) >= 11 is 0. The van der Waals surface area contributed by atoms with Crippen molar-refractivity contribution in [2.45, 2.75) is 379 Å². The number of ether oxygens (including phenoxy) is 21. The zero-order valence-corrected chi connectivity index (χ0v) is 73.4. The molecule has 0 spiro atoms.